The van der Waals surface area contributed by atoms with E-state index < -0.39 is 0 Å². The summed E-state index contributed by atoms with van der Waals surface area (Å²) in [6.07, 6.45) is 6.11. The third-order valence-corrected chi connectivity index (χ3v) is 3.01. The van der Waals surface area contributed by atoms with Crippen LogP contribution in [-0.4, -0.2) is 26.3 Å². The lowest BCUT2D eigenvalue weighted by molar-refractivity contribution is -0.141. The summed E-state index contributed by atoms with van der Waals surface area (Å²) in [6, 6.07) is 0. The van der Waals surface area contributed by atoms with Crippen LogP contribution in [0.2, 0.25) is 0 Å². The summed E-state index contributed by atoms with van der Waals surface area (Å²) in [4.78, 5) is 11.1. The van der Waals surface area contributed by atoms with Gasteiger partial charge in [-0.1, -0.05) is 26.7 Å². The lowest BCUT2D eigenvalue weighted by atomic mass is 9.89. The van der Waals surface area contributed by atoms with Crippen molar-refractivity contribution in [2.24, 2.45) is 5.92 Å². The summed E-state index contributed by atoms with van der Waals surface area (Å²) in [5.41, 5.74) is 0. The van der Waals surface area contributed by atoms with Crippen LogP contribution < -0.4 is 0 Å². The number of methoxy groups -OCH3 is 2. The van der Waals surface area contributed by atoms with Crippen LogP contribution in [0.1, 0.15) is 52.4 Å². The standard InChI is InChI=1S/C13H26O3/c1-5-7-11(9-10-13(14)16-4)12(15-3)8-6-2/h11-12H,5-10H2,1-4H3. The molecule has 0 amide bonds. The van der Waals surface area contributed by atoms with Gasteiger partial charge in [0.05, 0.1) is 13.2 Å². The van der Waals surface area contributed by atoms with E-state index in [9.17, 15) is 4.79 Å². The molecular formula is C13H26O3. The van der Waals surface area contributed by atoms with E-state index in [0.29, 0.717) is 12.3 Å². The number of carbonyl (C=O) groups excluding carboxylic acids is 1. The van der Waals surface area contributed by atoms with E-state index in [1.54, 1.807) is 7.11 Å². The van der Waals surface area contributed by atoms with Crippen molar-refractivity contribution in [1.82, 2.24) is 0 Å². The van der Waals surface area contributed by atoms with E-state index in [2.05, 4.69) is 18.6 Å². The average Bonchev–Trinajstić information content (AvgIpc) is 2.31. The maximum absolute atomic E-state index is 11.1. The number of carbonyl (C=O) groups is 1. The van der Waals surface area contributed by atoms with Gasteiger partial charge in [0.15, 0.2) is 0 Å². The quantitative estimate of drug-likeness (QED) is 0.571. The Bertz CT molecular complexity index is 180. The van der Waals surface area contributed by atoms with Gasteiger partial charge in [0.25, 0.3) is 0 Å². The topological polar surface area (TPSA) is 35.5 Å². The molecule has 0 N–H and O–H groups in total. The summed E-state index contributed by atoms with van der Waals surface area (Å²) in [5.74, 6) is 0.363. The summed E-state index contributed by atoms with van der Waals surface area (Å²) in [7, 11) is 3.21. The van der Waals surface area contributed by atoms with Gasteiger partial charge >= 0.3 is 5.97 Å². The molecule has 0 radical (unpaired) electrons. The highest BCUT2D eigenvalue weighted by molar-refractivity contribution is 5.69. The third kappa shape index (κ3) is 6.11. The smallest absolute Gasteiger partial charge is 0.305 e. The van der Waals surface area contributed by atoms with E-state index in [-0.39, 0.29) is 12.1 Å². The molecule has 0 heterocycles. The number of hydrogen-bond acceptors (Lipinski definition) is 3. The molecule has 0 rings (SSSR count). The van der Waals surface area contributed by atoms with Crippen molar-refractivity contribution in [3.63, 3.8) is 0 Å². The van der Waals surface area contributed by atoms with Crippen molar-refractivity contribution in [3.05, 3.63) is 0 Å². The summed E-state index contributed by atoms with van der Waals surface area (Å²) in [5, 5.41) is 0. The highest BCUT2D eigenvalue weighted by atomic mass is 16.5. The van der Waals surface area contributed by atoms with Gasteiger partial charge in [0.2, 0.25) is 0 Å². The van der Waals surface area contributed by atoms with Crippen LogP contribution in [0.3, 0.4) is 0 Å². The molecular weight excluding hydrogens is 204 g/mol. The molecule has 0 fully saturated rings. The number of esters is 1. The molecule has 0 bridgehead atoms. The van der Waals surface area contributed by atoms with E-state index in [4.69, 9.17) is 4.74 Å². The van der Waals surface area contributed by atoms with Crippen molar-refractivity contribution in [3.8, 4) is 0 Å². The molecule has 16 heavy (non-hydrogen) atoms. The Hall–Kier alpha value is -0.570. The minimum absolute atomic E-state index is 0.118. The van der Waals surface area contributed by atoms with Gasteiger partial charge in [0, 0.05) is 13.5 Å². The van der Waals surface area contributed by atoms with E-state index in [1.165, 1.54) is 7.11 Å². The van der Waals surface area contributed by atoms with Crippen LogP contribution in [0.15, 0.2) is 0 Å². The highest BCUT2D eigenvalue weighted by Crippen LogP contribution is 2.23. The zero-order chi connectivity index (χ0) is 12.4. The molecule has 0 aromatic rings. The minimum Gasteiger partial charge on any atom is -0.469 e. The van der Waals surface area contributed by atoms with Gasteiger partial charge in [0.1, 0.15) is 0 Å². The summed E-state index contributed by atoms with van der Waals surface area (Å²) < 4.78 is 10.2. The van der Waals surface area contributed by atoms with Crippen LogP contribution in [0.5, 0.6) is 0 Å². The Balaban J connectivity index is 4.16. The van der Waals surface area contributed by atoms with Crippen molar-refractivity contribution < 1.29 is 14.3 Å². The predicted octanol–water partition coefficient (Wildman–Crippen LogP) is 3.17. The molecule has 2 unspecified atom stereocenters. The predicted molar refractivity (Wildman–Crippen MR) is 65.4 cm³/mol. The number of rotatable bonds is 9. The Morgan fingerprint density at radius 1 is 1.06 bits per heavy atom. The van der Waals surface area contributed by atoms with Gasteiger partial charge in [-0.3, -0.25) is 4.79 Å². The average molecular weight is 230 g/mol. The number of hydrogen-bond donors (Lipinski definition) is 0. The molecule has 0 aromatic carbocycles. The minimum atomic E-state index is -0.118. The van der Waals surface area contributed by atoms with Crippen molar-refractivity contribution in [1.29, 1.82) is 0 Å². The van der Waals surface area contributed by atoms with Gasteiger partial charge in [-0.05, 0) is 25.2 Å². The summed E-state index contributed by atoms with van der Waals surface area (Å²) in [6.45, 7) is 4.33. The lowest BCUT2D eigenvalue weighted by Gasteiger charge is -2.25. The van der Waals surface area contributed by atoms with E-state index in [0.717, 1.165) is 32.1 Å². The molecule has 0 spiro atoms. The molecule has 0 aliphatic heterocycles. The molecule has 0 aliphatic carbocycles. The van der Waals surface area contributed by atoms with Crippen LogP contribution >= 0.6 is 0 Å². The first-order valence-corrected chi connectivity index (χ1v) is 6.29. The van der Waals surface area contributed by atoms with Crippen molar-refractivity contribution >= 4 is 5.97 Å². The molecule has 0 saturated heterocycles. The Morgan fingerprint density at radius 2 is 1.69 bits per heavy atom. The third-order valence-electron chi connectivity index (χ3n) is 3.01. The van der Waals surface area contributed by atoms with Gasteiger partial charge < -0.3 is 9.47 Å². The van der Waals surface area contributed by atoms with Gasteiger partial charge in [-0.25, -0.2) is 0 Å². The van der Waals surface area contributed by atoms with Gasteiger partial charge in [-0.15, -0.1) is 0 Å². The zero-order valence-electron chi connectivity index (χ0n) is 11.1. The van der Waals surface area contributed by atoms with Crippen LogP contribution in [0.25, 0.3) is 0 Å². The molecule has 3 nitrogen and oxygen atoms in total. The van der Waals surface area contributed by atoms with Crippen LogP contribution in [0.4, 0.5) is 0 Å². The second-order valence-corrected chi connectivity index (χ2v) is 4.23. The normalized spacial score (nSPS) is 14.5. The monoisotopic (exact) mass is 230 g/mol. The van der Waals surface area contributed by atoms with Crippen LogP contribution in [-0.2, 0) is 14.3 Å². The summed E-state index contributed by atoms with van der Waals surface area (Å²) >= 11 is 0. The number of ether oxygens (including phenoxy) is 2. The fraction of sp³-hybridized carbons (Fsp3) is 0.923. The molecule has 2 atom stereocenters. The highest BCUT2D eigenvalue weighted by Gasteiger charge is 2.20. The first-order chi connectivity index (χ1) is 7.69. The molecule has 96 valence electrons. The maximum Gasteiger partial charge on any atom is 0.305 e. The van der Waals surface area contributed by atoms with Crippen molar-refractivity contribution in [2.45, 2.75) is 58.5 Å². The molecule has 3 heteroatoms. The zero-order valence-corrected chi connectivity index (χ0v) is 11.1. The van der Waals surface area contributed by atoms with E-state index in [1.807, 2.05) is 0 Å². The Kier molecular flexibility index (Phi) is 9.30. The maximum atomic E-state index is 11.1. The molecule has 0 aromatic heterocycles. The second-order valence-electron chi connectivity index (χ2n) is 4.23. The fourth-order valence-electron chi connectivity index (χ4n) is 2.12. The molecule has 0 aliphatic rings. The van der Waals surface area contributed by atoms with Gasteiger partial charge in [-0.2, -0.15) is 0 Å². The Morgan fingerprint density at radius 3 is 2.12 bits per heavy atom. The second kappa shape index (κ2) is 9.64. The Labute approximate surface area is 99.5 Å². The SMILES string of the molecule is CCCC(CCC(=O)OC)C(CCC)OC. The van der Waals surface area contributed by atoms with E-state index >= 15 is 0 Å². The van der Waals surface area contributed by atoms with Crippen molar-refractivity contribution in [2.75, 3.05) is 14.2 Å². The first kappa shape index (κ1) is 15.4. The lowest BCUT2D eigenvalue weighted by Crippen LogP contribution is -2.23. The fourth-order valence-corrected chi connectivity index (χ4v) is 2.12. The first-order valence-electron chi connectivity index (χ1n) is 6.29. The van der Waals surface area contributed by atoms with Crippen LogP contribution in [0, 0.1) is 5.92 Å². The largest absolute Gasteiger partial charge is 0.469 e. The molecule has 0 saturated carbocycles.